The molecule has 23 heavy (non-hydrogen) atoms. The van der Waals surface area contributed by atoms with Crippen LogP contribution < -0.4 is 10.6 Å². The maximum absolute atomic E-state index is 13.5. The van der Waals surface area contributed by atoms with E-state index >= 15 is 0 Å². The molecule has 0 spiro atoms. The molecule has 1 saturated carbocycles. The largest absolute Gasteiger partial charge is 0.401 e. The molecule has 2 fully saturated rings. The van der Waals surface area contributed by atoms with E-state index in [4.69, 9.17) is 5.73 Å². The molecule has 0 amide bonds. The fourth-order valence-electron chi connectivity index (χ4n) is 3.72. The first-order valence-electron chi connectivity index (χ1n) is 7.92. The highest BCUT2D eigenvalue weighted by molar-refractivity contribution is 5.96. The maximum Gasteiger partial charge on any atom is 0.401 e. The monoisotopic (exact) mass is 324 g/mol. The summed E-state index contributed by atoms with van der Waals surface area (Å²) in [6, 6.07) is 3.54. The predicted octanol–water partition coefficient (Wildman–Crippen LogP) is 3.35. The number of imidazole rings is 1. The molecule has 1 aromatic carbocycles. The van der Waals surface area contributed by atoms with E-state index in [1.54, 1.807) is 23.7 Å². The van der Waals surface area contributed by atoms with Gasteiger partial charge in [-0.2, -0.15) is 13.2 Å². The number of hydrogen-bond donors (Lipinski definition) is 1. The Balaban J connectivity index is 1.93. The van der Waals surface area contributed by atoms with Crippen LogP contribution in [-0.2, 0) is 12.5 Å². The van der Waals surface area contributed by atoms with E-state index in [1.807, 2.05) is 0 Å². The van der Waals surface area contributed by atoms with Crippen molar-refractivity contribution in [2.24, 2.45) is 7.05 Å². The predicted molar refractivity (Wildman–Crippen MR) is 83.5 cm³/mol. The number of fused-ring (bicyclic) bond motifs is 1. The van der Waals surface area contributed by atoms with E-state index < -0.39 is 11.6 Å². The van der Waals surface area contributed by atoms with Gasteiger partial charge in [-0.25, -0.2) is 4.98 Å². The second kappa shape index (κ2) is 4.55. The number of nitrogens with two attached hydrogens (primary N) is 1. The van der Waals surface area contributed by atoms with Gasteiger partial charge in [0.05, 0.1) is 16.9 Å². The fraction of sp³-hybridized carbons (Fsp3) is 0.562. The van der Waals surface area contributed by atoms with Gasteiger partial charge in [-0.05, 0) is 37.8 Å². The third kappa shape index (κ3) is 1.95. The summed E-state index contributed by atoms with van der Waals surface area (Å²) in [7, 11) is 1.67. The van der Waals surface area contributed by atoms with Crippen LogP contribution in [0.3, 0.4) is 0 Å². The number of aryl methyl sites for hydroxylation is 1. The molecule has 7 heteroatoms. The first kappa shape index (κ1) is 14.7. The van der Waals surface area contributed by atoms with Gasteiger partial charge in [0.15, 0.2) is 0 Å². The summed E-state index contributed by atoms with van der Waals surface area (Å²) in [6.45, 7) is 1.75. The fourth-order valence-corrected chi connectivity index (χ4v) is 3.72. The number of halogens is 3. The lowest BCUT2D eigenvalue weighted by atomic mass is 10.1. The minimum Gasteiger partial charge on any atom is -0.397 e. The van der Waals surface area contributed by atoms with Gasteiger partial charge >= 0.3 is 6.18 Å². The summed E-state index contributed by atoms with van der Waals surface area (Å²) in [5.41, 5.74) is 7.03. The number of rotatable bonds is 2. The zero-order valence-corrected chi connectivity index (χ0v) is 13.0. The van der Waals surface area contributed by atoms with Crippen LogP contribution in [-0.4, -0.2) is 28.8 Å². The molecule has 0 atom stereocenters. The van der Waals surface area contributed by atoms with Crippen molar-refractivity contribution in [2.75, 3.05) is 23.7 Å². The van der Waals surface area contributed by atoms with Crippen molar-refractivity contribution in [3.05, 3.63) is 18.0 Å². The van der Waals surface area contributed by atoms with Gasteiger partial charge in [0.25, 0.3) is 0 Å². The molecular formula is C16H19F3N4. The molecule has 2 heterocycles. The number of aromatic nitrogens is 2. The molecule has 2 N–H and O–H groups in total. The highest BCUT2D eigenvalue weighted by atomic mass is 19.4. The maximum atomic E-state index is 13.5. The Labute approximate surface area is 132 Å². The SMILES string of the molecule is Cn1c(C2(C(F)(F)F)CC2)nc2c(N3CCCC3)c(N)ccc21. The first-order valence-corrected chi connectivity index (χ1v) is 7.92. The summed E-state index contributed by atoms with van der Waals surface area (Å²) in [4.78, 5) is 6.58. The van der Waals surface area contributed by atoms with Crippen LogP contribution in [0.2, 0.25) is 0 Å². The first-order chi connectivity index (χ1) is 10.8. The Morgan fingerprint density at radius 1 is 1.17 bits per heavy atom. The molecule has 4 rings (SSSR count). The standard InChI is InChI=1S/C16H19F3N4/c1-22-11-5-4-10(20)13(23-8-2-3-9-23)12(11)21-14(22)15(6-7-15)16(17,18)19/h4-5H,2-3,6-9,20H2,1H3. The van der Waals surface area contributed by atoms with Crippen LogP contribution in [0.4, 0.5) is 24.5 Å². The van der Waals surface area contributed by atoms with Gasteiger partial charge in [-0.1, -0.05) is 0 Å². The average molecular weight is 324 g/mol. The lowest BCUT2D eigenvalue weighted by Gasteiger charge is -2.20. The van der Waals surface area contributed by atoms with Gasteiger partial charge in [0.2, 0.25) is 0 Å². The Hall–Kier alpha value is -1.92. The third-order valence-electron chi connectivity index (χ3n) is 5.20. The van der Waals surface area contributed by atoms with Crippen molar-refractivity contribution in [3.8, 4) is 0 Å². The smallest absolute Gasteiger partial charge is 0.397 e. The molecule has 4 nitrogen and oxygen atoms in total. The lowest BCUT2D eigenvalue weighted by Crippen LogP contribution is -2.31. The summed E-state index contributed by atoms with van der Waals surface area (Å²) in [5, 5.41) is 0. The van der Waals surface area contributed by atoms with Crippen LogP contribution in [0.5, 0.6) is 0 Å². The van der Waals surface area contributed by atoms with E-state index in [0.717, 1.165) is 31.6 Å². The van der Waals surface area contributed by atoms with Crippen LogP contribution in [0, 0.1) is 0 Å². The molecule has 0 radical (unpaired) electrons. The zero-order chi connectivity index (χ0) is 16.4. The van der Waals surface area contributed by atoms with Gasteiger partial charge in [0.1, 0.15) is 16.8 Å². The van der Waals surface area contributed by atoms with Crippen molar-refractivity contribution in [1.29, 1.82) is 0 Å². The van der Waals surface area contributed by atoms with E-state index in [2.05, 4.69) is 9.88 Å². The highest BCUT2D eigenvalue weighted by Crippen LogP contribution is 2.59. The summed E-state index contributed by atoms with van der Waals surface area (Å²) in [6.07, 6.45) is -1.89. The lowest BCUT2D eigenvalue weighted by molar-refractivity contribution is -0.162. The number of alkyl halides is 3. The van der Waals surface area contributed by atoms with Crippen molar-refractivity contribution in [3.63, 3.8) is 0 Å². The van der Waals surface area contributed by atoms with E-state index in [0.29, 0.717) is 16.7 Å². The Morgan fingerprint density at radius 2 is 1.83 bits per heavy atom. The van der Waals surface area contributed by atoms with Gasteiger partial charge < -0.3 is 15.2 Å². The van der Waals surface area contributed by atoms with E-state index in [1.165, 1.54) is 0 Å². The Kier molecular flexibility index (Phi) is 2.90. The molecule has 2 aromatic rings. The summed E-state index contributed by atoms with van der Waals surface area (Å²) < 4.78 is 42.0. The summed E-state index contributed by atoms with van der Waals surface area (Å²) >= 11 is 0. The van der Waals surface area contributed by atoms with Crippen molar-refractivity contribution < 1.29 is 13.2 Å². The normalized spacial score (nSPS) is 20.4. The minimum absolute atomic E-state index is 0.113. The molecule has 0 unspecified atom stereocenters. The second-order valence-electron chi connectivity index (χ2n) is 6.64. The van der Waals surface area contributed by atoms with Crippen LogP contribution in [0.1, 0.15) is 31.5 Å². The van der Waals surface area contributed by atoms with Crippen LogP contribution >= 0.6 is 0 Å². The molecule has 2 aliphatic rings. The molecule has 1 aliphatic heterocycles. The van der Waals surface area contributed by atoms with Gasteiger partial charge in [-0.15, -0.1) is 0 Å². The van der Waals surface area contributed by atoms with Crippen LogP contribution in [0.15, 0.2) is 12.1 Å². The van der Waals surface area contributed by atoms with E-state index in [-0.39, 0.29) is 18.7 Å². The average Bonchev–Trinajstić information content (AvgIpc) is 3.00. The van der Waals surface area contributed by atoms with Crippen molar-refractivity contribution in [2.45, 2.75) is 37.3 Å². The second-order valence-corrected chi connectivity index (χ2v) is 6.64. The molecule has 0 bridgehead atoms. The topological polar surface area (TPSA) is 47.1 Å². The highest BCUT2D eigenvalue weighted by Gasteiger charge is 2.66. The van der Waals surface area contributed by atoms with Gasteiger partial charge in [-0.3, -0.25) is 0 Å². The van der Waals surface area contributed by atoms with Gasteiger partial charge in [0, 0.05) is 20.1 Å². The Bertz CT molecular complexity index is 768. The quantitative estimate of drug-likeness (QED) is 0.862. The number of hydrogen-bond acceptors (Lipinski definition) is 3. The van der Waals surface area contributed by atoms with Crippen molar-refractivity contribution in [1.82, 2.24) is 9.55 Å². The third-order valence-corrected chi connectivity index (χ3v) is 5.20. The van der Waals surface area contributed by atoms with E-state index in [9.17, 15) is 13.2 Å². The zero-order valence-electron chi connectivity index (χ0n) is 13.0. The number of nitrogens with zero attached hydrogens (tertiary/aromatic N) is 3. The molecule has 124 valence electrons. The van der Waals surface area contributed by atoms with Crippen LogP contribution in [0.25, 0.3) is 11.0 Å². The number of benzene rings is 1. The number of anilines is 2. The summed E-state index contributed by atoms with van der Waals surface area (Å²) in [5.74, 6) is 0.117. The molecule has 1 saturated heterocycles. The molecule has 1 aromatic heterocycles. The Morgan fingerprint density at radius 3 is 2.39 bits per heavy atom. The molecule has 1 aliphatic carbocycles. The minimum atomic E-state index is -4.26. The number of nitrogen functional groups attached to an aromatic ring is 1. The van der Waals surface area contributed by atoms with Crippen molar-refractivity contribution >= 4 is 22.4 Å². The molecular weight excluding hydrogens is 305 g/mol.